The molecule has 3 aromatic rings. The minimum Gasteiger partial charge on any atom is -0.449 e. The summed E-state index contributed by atoms with van der Waals surface area (Å²) >= 11 is 0. The summed E-state index contributed by atoms with van der Waals surface area (Å²) in [5, 5.41) is 0. The lowest BCUT2D eigenvalue weighted by atomic mass is 10.1. The molecular weight excluding hydrogens is 457 g/mol. The molecule has 1 atom stereocenters. The van der Waals surface area contributed by atoms with Crippen LogP contribution in [0.15, 0.2) is 78.6 Å². The van der Waals surface area contributed by atoms with Crippen LogP contribution >= 0.6 is 0 Å². The van der Waals surface area contributed by atoms with Gasteiger partial charge in [0.1, 0.15) is 12.4 Å². The maximum Gasteiger partial charge on any atom is 0.294 e. The Balaban J connectivity index is 1.34. The molecule has 1 saturated heterocycles. The van der Waals surface area contributed by atoms with Crippen LogP contribution in [0.25, 0.3) is 6.08 Å². The third kappa shape index (κ3) is 4.82. The van der Waals surface area contributed by atoms with Gasteiger partial charge in [-0.25, -0.2) is 4.39 Å². The minimum atomic E-state index is -0.433. The number of halogens is 1. The van der Waals surface area contributed by atoms with E-state index in [9.17, 15) is 14.0 Å². The first-order valence-corrected chi connectivity index (χ1v) is 12.1. The van der Waals surface area contributed by atoms with E-state index >= 15 is 0 Å². The fourth-order valence-corrected chi connectivity index (χ4v) is 4.78. The zero-order chi connectivity index (χ0) is 25.2. The van der Waals surface area contributed by atoms with Crippen LogP contribution in [0.2, 0.25) is 0 Å². The van der Waals surface area contributed by atoms with Crippen LogP contribution < -0.4 is 14.5 Å². The van der Waals surface area contributed by atoms with E-state index in [0.29, 0.717) is 36.6 Å². The number of hydrogen-bond donors (Lipinski definition) is 0. The summed E-state index contributed by atoms with van der Waals surface area (Å²) < 4.78 is 19.5. The normalized spacial score (nSPS) is 18.8. The van der Waals surface area contributed by atoms with Crippen LogP contribution in [0.4, 0.5) is 15.8 Å². The summed E-state index contributed by atoms with van der Waals surface area (Å²) in [6.45, 7) is 5.94. The number of fused-ring (bicyclic) bond motifs is 1. The quantitative estimate of drug-likeness (QED) is 0.506. The number of anilines is 2. The highest BCUT2D eigenvalue weighted by molar-refractivity contribution is 6.12. The Morgan fingerprint density at radius 2 is 1.86 bits per heavy atom. The van der Waals surface area contributed by atoms with Crippen molar-refractivity contribution in [3.63, 3.8) is 0 Å². The highest BCUT2D eigenvalue weighted by Gasteiger charge is 2.34. The number of aryl methyl sites for hydroxylation is 1. The van der Waals surface area contributed by atoms with E-state index in [1.165, 1.54) is 28.7 Å². The number of ether oxygens (including phenoxy) is 1. The lowest BCUT2D eigenvalue weighted by Gasteiger charge is -2.42. The van der Waals surface area contributed by atoms with Crippen LogP contribution in [0, 0.1) is 12.7 Å². The number of amides is 2. The number of carbonyl (C=O) groups is 2. The van der Waals surface area contributed by atoms with Crippen molar-refractivity contribution in [2.75, 3.05) is 36.0 Å². The number of para-hydroxylation sites is 2. The van der Waals surface area contributed by atoms with Crippen LogP contribution in [0.3, 0.4) is 0 Å². The van der Waals surface area contributed by atoms with Gasteiger partial charge >= 0.3 is 0 Å². The van der Waals surface area contributed by atoms with Crippen molar-refractivity contribution < 1.29 is 18.7 Å². The van der Waals surface area contributed by atoms with Crippen LogP contribution in [0.5, 0.6) is 5.75 Å². The maximum atomic E-state index is 13.7. The molecule has 6 nitrogen and oxygen atoms in total. The third-order valence-electron chi connectivity index (χ3n) is 6.59. The molecule has 7 heteroatoms. The molecule has 0 spiro atoms. The van der Waals surface area contributed by atoms with Crippen LogP contribution in [0.1, 0.15) is 18.1 Å². The molecule has 0 N–H and O–H groups in total. The van der Waals surface area contributed by atoms with Crippen molar-refractivity contribution >= 4 is 29.3 Å². The molecule has 0 bridgehead atoms. The van der Waals surface area contributed by atoms with E-state index < -0.39 is 11.7 Å². The standard InChI is InChI=1S/C29H28FN3O3/c1-20-7-5-10-24(15-20)32-14-13-31(18-21(32)2)28(34)19-33-25-11-3-4-12-26(25)36-27(29(33)35)17-22-8-6-9-23(30)16-22/h3-12,15-17,21H,13-14,18-19H2,1-2H3/b27-17+. The van der Waals surface area contributed by atoms with E-state index in [2.05, 4.69) is 36.9 Å². The number of benzene rings is 3. The highest BCUT2D eigenvalue weighted by Crippen LogP contribution is 2.35. The largest absolute Gasteiger partial charge is 0.449 e. The first kappa shape index (κ1) is 23.6. The summed E-state index contributed by atoms with van der Waals surface area (Å²) in [6.07, 6.45) is 1.50. The Bertz CT molecular complexity index is 1340. The third-order valence-corrected chi connectivity index (χ3v) is 6.59. The zero-order valence-electron chi connectivity index (χ0n) is 20.4. The van der Waals surface area contributed by atoms with Crippen molar-refractivity contribution in [2.24, 2.45) is 0 Å². The Hall–Kier alpha value is -4.13. The molecule has 0 radical (unpaired) electrons. The molecule has 2 aliphatic heterocycles. The second kappa shape index (κ2) is 9.85. The van der Waals surface area contributed by atoms with Crippen molar-refractivity contribution in [2.45, 2.75) is 19.9 Å². The predicted octanol–water partition coefficient (Wildman–Crippen LogP) is 4.64. The highest BCUT2D eigenvalue weighted by atomic mass is 19.1. The smallest absolute Gasteiger partial charge is 0.294 e. The van der Waals surface area contributed by atoms with Gasteiger partial charge in [0.25, 0.3) is 5.91 Å². The van der Waals surface area contributed by atoms with Gasteiger partial charge in [-0.15, -0.1) is 0 Å². The van der Waals surface area contributed by atoms with Crippen LogP contribution in [-0.2, 0) is 9.59 Å². The molecule has 2 amide bonds. The maximum absolute atomic E-state index is 13.7. The topological polar surface area (TPSA) is 53.1 Å². The van der Waals surface area contributed by atoms with E-state index in [1.54, 1.807) is 36.4 Å². The molecule has 2 aliphatic rings. The monoisotopic (exact) mass is 485 g/mol. The molecule has 184 valence electrons. The van der Waals surface area contributed by atoms with Gasteiger partial charge in [0, 0.05) is 31.4 Å². The first-order valence-electron chi connectivity index (χ1n) is 12.1. The molecule has 0 saturated carbocycles. The molecule has 1 unspecified atom stereocenters. The van der Waals surface area contributed by atoms with Gasteiger partial charge in [-0.1, -0.05) is 36.4 Å². The van der Waals surface area contributed by atoms with E-state index in [4.69, 9.17) is 4.74 Å². The molecular formula is C29H28FN3O3. The first-order chi connectivity index (χ1) is 17.4. The number of carbonyl (C=O) groups excluding carboxylic acids is 2. The van der Waals surface area contributed by atoms with Crippen molar-refractivity contribution in [1.82, 2.24) is 4.90 Å². The number of nitrogens with zero attached hydrogens (tertiary/aromatic N) is 3. The Morgan fingerprint density at radius 1 is 1.06 bits per heavy atom. The van der Waals surface area contributed by atoms with Gasteiger partial charge in [0.05, 0.1) is 5.69 Å². The molecule has 5 rings (SSSR count). The summed E-state index contributed by atoms with van der Waals surface area (Å²) in [7, 11) is 0. The summed E-state index contributed by atoms with van der Waals surface area (Å²) in [6, 6.07) is 21.6. The number of rotatable bonds is 4. The average Bonchev–Trinajstić information content (AvgIpc) is 2.86. The summed E-state index contributed by atoms with van der Waals surface area (Å²) in [5.41, 5.74) is 3.40. The van der Waals surface area contributed by atoms with Gasteiger partial charge in [0.2, 0.25) is 5.91 Å². The van der Waals surface area contributed by atoms with Gasteiger partial charge < -0.3 is 14.5 Å². The summed E-state index contributed by atoms with van der Waals surface area (Å²) in [5.74, 6) is -0.437. The lowest BCUT2D eigenvalue weighted by Crippen LogP contribution is -2.56. The van der Waals surface area contributed by atoms with E-state index in [0.717, 1.165) is 5.69 Å². The predicted molar refractivity (Wildman–Crippen MR) is 138 cm³/mol. The SMILES string of the molecule is Cc1cccc(N2CCN(C(=O)CN3C(=O)/C(=C\c4cccc(F)c4)Oc4ccccc43)CC2C)c1. The van der Waals surface area contributed by atoms with Gasteiger partial charge in [-0.05, 0) is 67.4 Å². The number of hydrogen-bond acceptors (Lipinski definition) is 4. The lowest BCUT2D eigenvalue weighted by molar-refractivity contribution is -0.132. The fourth-order valence-electron chi connectivity index (χ4n) is 4.78. The van der Waals surface area contributed by atoms with E-state index in [1.807, 2.05) is 11.0 Å². The molecule has 1 fully saturated rings. The van der Waals surface area contributed by atoms with E-state index in [-0.39, 0.29) is 24.3 Å². The fraction of sp³-hybridized carbons (Fsp3) is 0.241. The molecule has 0 aliphatic carbocycles. The Morgan fingerprint density at radius 3 is 2.64 bits per heavy atom. The second-order valence-corrected chi connectivity index (χ2v) is 9.25. The van der Waals surface area contributed by atoms with Gasteiger partial charge in [-0.3, -0.25) is 14.5 Å². The summed E-state index contributed by atoms with van der Waals surface area (Å²) in [4.78, 5) is 32.3. The molecule has 36 heavy (non-hydrogen) atoms. The van der Waals surface area contributed by atoms with Gasteiger partial charge in [-0.2, -0.15) is 0 Å². The average molecular weight is 486 g/mol. The van der Waals surface area contributed by atoms with Crippen molar-refractivity contribution in [3.05, 3.63) is 95.5 Å². The minimum absolute atomic E-state index is 0.0461. The molecule has 3 aromatic carbocycles. The van der Waals surface area contributed by atoms with Crippen molar-refractivity contribution in [1.29, 1.82) is 0 Å². The van der Waals surface area contributed by atoms with Crippen molar-refractivity contribution in [3.8, 4) is 5.75 Å². The molecule has 0 aromatic heterocycles. The Kier molecular flexibility index (Phi) is 6.46. The zero-order valence-corrected chi connectivity index (χ0v) is 20.4. The second-order valence-electron chi connectivity index (χ2n) is 9.25. The number of piperazine rings is 1. The Labute approximate surface area is 210 Å². The van der Waals surface area contributed by atoms with Crippen LogP contribution in [-0.4, -0.2) is 48.9 Å². The molecule has 2 heterocycles. The van der Waals surface area contributed by atoms with Gasteiger partial charge in [0.15, 0.2) is 11.5 Å².